The minimum Gasteiger partial charge on any atom is -0.461 e. The number of hydrogen-bond donors (Lipinski definition) is 0. The maximum Gasteiger partial charge on any atom is 0.195 e. The van der Waals surface area contributed by atoms with Gasteiger partial charge in [-0.25, -0.2) is 10.3 Å². The van der Waals surface area contributed by atoms with Crippen LogP contribution in [0.3, 0.4) is 0 Å². The highest BCUT2D eigenvalue weighted by atomic mass is 16.3. The molecule has 0 aliphatic carbocycles. The predicted octanol–water partition coefficient (Wildman–Crippen LogP) is 1.12. The van der Waals surface area contributed by atoms with Crippen molar-refractivity contribution in [3.05, 3.63) is 36.6 Å². The second-order valence-electron chi connectivity index (χ2n) is 1.86. The van der Waals surface area contributed by atoms with Crippen molar-refractivity contribution in [2.75, 3.05) is 0 Å². The first kappa shape index (κ1) is 5.29. The second kappa shape index (κ2) is 2.02. The molecule has 0 aromatic carbocycles. The summed E-state index contributed by atoms with van der Waals surface area (Å²) < 4.78 is 5.05. The Hall–Kier alpha value is -1.51. The van der Waals surface area contributed by atoms with Gasteiger partial charge in [-0.3, -0.25) is 0 Å². The smallest absolute Gasteiger partial charge is 0.195 e. The van der Waals surface area contributed by atoms with E-state index in [-0.39, 0.29) is 0 Å². The number of hydrogen-bond acceptors (Lipinski definition) is 2. The van der Waals surface area contributed by atoms with Gasteiger partial charge in [0, 0.05) is 12.4 Å². The van der Waals surface area contributed by atoms with E-state index in [0.717, 1.165) is 0 Å². The Kier molecular flexibility index (Phi) is 1.07. The molecule has 0 saturated carbocycles. The van der Waals surface area contributed by atoms with Gasteiger partial charge in [0.2, 0.25) is 0 Å². The summed E-state index contributed by atoms with van der Waals surface area (Å²) in [7, 11) is 0. The van der Waals surface area contributed by atoms with Gasteiger partial charge < -0.3 is 4.42 Å². The number of furan rings is 1. The maximum absolute atomic E-state index is 5.05. The second-order valence-corrected chi connectivity index (χ2v) is 1.86. The molecule has 49 valence electrons. The summed E-state index contributed by atoms with van der Waals surface area (Å²) in [5.41, 5.74) is 0. The van der Waals surface area contributed by atoms with Crippen molar-refractivity contribution in [2.24, 2.45) is 4.99 Å². The molecule has 0 fully saturated rings. The Balaban J connectivity index is 2.30. The van der Waals surface area contributed by atoms with E-state index in [1.807, 2.05) is 12.1 Å². The first-order chi connectivity index (χ1) is 4.97. The molecule has 3 nitrogen and oxygen atoms in total. The van der Waals surface area contributed by atoms with E-state index in [1.165, 1.54) is 0 Å². The zero-order chi connectivity index (χ0) is 6.81. The van der Waals surface area contributed by atoms with Crippen molar-refractivity contribution < 1.29 is 4.42 Å². The van der Waals surface area contributed by atoms with E-state index in [1.54, 1.807) is 18.7 Å². The van der Waals surface area contributed by atoms with Crippen LogP contribution in [0.5, 0.6) is 0 Å². The fourth-order valence-corrected chi connectivity index (χ4v) is 0.774. The molecule has 10 heavy (non-hydrogen) atoms. The first-order valence-corrected chi connectivity index (χ1v) is 2.94. The van der Waals surface area contributed by atoms with Gasteiger partial charge in [-0.2, -0.15) is 0 Å². The van der Waals surface area contributed by atoms with Gasteiger partial charge in [0.05, 0.1) is 6.26 Å². The summed E-state index contributed by atoms with van der Waals surface area (Å²) in [5.74, 6) is 1.36. The summed E-state index contributed by atoms with van der Waals surface area (Å²) in [6, 6.07) is 3.64. The molecule has 3 heteroatoms. The lowest BCUT2D eigenvalue weighted by atomic mass is 10.4. The van der Waals surface area contributed by atoms with Crippen molar-refractivity contribution in [3.8, 4) is 0 Å². The highest BCUT2D eigenvalue weighted by molar-refractivity contribution is 5.98. The molecule has 1 aromatic heterocycles. The lowest BCUT2D eigenvalue weighted by molar-refractivity contribution is 0.555. The third-order valence-corrected chi connectivity index (χ3v) is 1.20. The molecule has 1 aliphatic rings. The van der Waals surface area contributed by atoms with Crippen LogP contribution in [0.2, 0.25) is 0 Å². The van der Waals surface area contributed by atoms with Crippen molar-refractivity contribution in [1.82, 2.24) is 5.32 Å². The molecule has 0 amide bonds. The first-order valence-electron chi connectivity index (χ1n) is 2.94. The highest BCUT2D eigenvalue weighted by Gasteiger charge is 2.07. The van der Waals surface area contributed by atoms with Gasteiger partial charge in [-0.05, 0) is 12.1 Å². The van der Waals surface area contributed by atoms with Crippen LogP contribution in [-0.4, -0.2) is 5.84 Å². The van der Waals surface area contributed by atoms with Crippen LogP contribution in [0.1, 0.15) is 5.76 Å². The van der Waals surface area contributed by atoms with Crippen molar-refractivity contribution in [3.63, 3.8) is 0 Å². The summed E-state index contributed by atoms with van der Waals surface area (Å²) in [5, 5.41) is 3.95. The minimum atomic E-state index is 0.644. The van der Waals surface area contributed by atoms with Crippen LogP contribution < -0.4 is 5.32 Å². The number of amidine groups is 1. The molecule has 2 rings (SSSR count). The van der Waals surface area contributed by atoms with Gasteiger partial charge in [-0.15, -0.1) is 0 Å². The zero-order valence-electron chi connectivity index (χ0n) is 5.19. The Labute approximate surface area is 58.1 Å². The molecule has 0 unspecified atom stereocenters. The van der Waals surface area contributed by atoms with Crippen LogP contribution in [0.25, 0.3) is 0 Å². The third kappa shape index (κ3) is 0.719. The number of aliphatic imine (C=N–C) groups is 1. The molecule has 0 N–H and O–H groups in total. The van der Waals surface area contributed by atoms with Crippen molar-refractivity contribution in [1.29, 1.82) is 0 Å². The Bertz CT molecular complexity index is 272. The average Bonchev–Trinajstić information content (AvgIpc) is 2.59. The van der Waals surface area contributed by atoms with Crippen LogP contribution in [0.15, 0.2) is 40.2 Å². The largest absolute Gasteiger partial charge is 0.461 e. The predicted molar refractivity (Wildman–Crippen MR) is 36.5 cm³/mol. The lowest BCUT2D eigenvalue weighted by Crippen LogP contribution is -2.05. The molecule has 1 radical (unpaired) electrons. The molecule has 0 atom stereocenters. The quantitative estimate of drug-likeness (QED) is 0.565. The van der Waals surface area contributed by atoms with Gasteiger partial charge in [-0.1, -0.05) is 0 Å². The van der Waals surface area contributed by atoms with E-state index >= 15 is 0 Å². The van der Waals surface area contributed by atoms with Crippen molar-refractivity contribution in [2.45, 2.75) is 0 Å². The summed E-state index contributed by atoms with van der Waals surface area (Å²) in [6.45, 7) is 0. The average molecular weight is 133 g/mol. The van der Waals surface area contributed by atoms with E-state index < -0.39 is 0 Å². The summed E-state index contributed by atoms with van der Waals surface area (Å²) in [4.78, 5) is 3.95. The Morgan fingerprint density at radius 2 is 2.30 bits per heavy atom. The molecule has 1 aromatic rings. The van der Waals surface area contributed by atoms with Gasteiger partial charge in [0.1, 0.15) is 0 Å². The molecule has 1 aliphatic heterocycles. The maximum atomic E-state index is 5.05. The monoisotopic (exact) mass is 133 g/mol. The van der Waals surface area contributed by atoms with E-state index in [2.05, 4.69) is 10.3 Å². The van der Waals surface area contributed by atoms with Crippen LogP contribution >= 0.6 is 0 Å². The molecule has 0 bridgehead atoms. The molecular formula is C7H5N2O. The highest BCUT2D eigenvalue weighted by Crippen LogP contribution is 2.04. The summed E-state index contributed by atoms with van der Waals surface area (Å²) >= 11 is 0. The molecular weight excluding hydrogens is 128 g/mol. The van der Waals surface area contributed by atoms with E-state index in [0.29, 0.717) is 11.6 Å². The number of rotatable bonds is 1. The fraction of sp³-hybridized carbons (Fsp3) is 0. The van der Waals surface area contributed by atoms with E-state index in [9.17, 15) is 0 Å². The lowest BCUT2D eigenvalue weighted by Gasteiger charge is -1.90. The molecule has 2 heterocycles. The Morgan fingerprint density at radius 3 is 2.90 bits per heavy atom. The zero-order valence-corrected chi connectivity index (χ0v) is 5.19. The summed E-state index contributed by atoms with van der Waals surface area (Å²) in [6.07, 6.45) is 4.88. The van der Waals surface area contributed by atoms with Crippen molar-refractivity contribution >= 4 is 5.84 Å². The number of nitrogens with zero attached hydrogens (tertiary/aromatic N) is 2. The minimum absolute atomic E-state index is 0.644. The van der Waals surface area contributed by atoms with Crippen LogP contribution in [0.4, 0.5) is 0 Å². The SMILES string of the molecule is C1=CN=C(c2ccco2)[N]1. The topological polar surface area (TPSA) is 39.6 Å². The normalized spacial score (nSPS) is 15.0. The van der Waals surface area contributed by atoms with E-state index in [4.69, 9.17) is 4.42 Å². The molecule has 0 spiro atoms. The van der Waals surface area contributed by atoms with Gasteiger partial charge in [0.15, 0.2) is 11.6 Å². The molecule has 0 saturated heterocycles. The van der Waals surface area contributed by atoms with Gasteiger partial charge in [0.25, 0.3) is 0 Å². The van der Waals surface area contributed by atoms with Crippen LogP contribution in [0, 0.1) is 0 Å². The van der Waals surface area contributed by atoms with Crippen LogP contribution in [-0.2, 0) is 0 Å². The fourth-order valence-electron chi connectivity index (χ4n) is 0.774. The Morgan fingerprint density at radius 1 is 1.30 bits per heavy atom. The third-order valence-electron chi connectivity index (χ3n) is 1.20. The van der Waals surface area contributed by atoms with Gasteiger partial charge >= 0.3 is 0 Å². The standard InChI is InChI=1S/C7H5N2O/c1-2-6(10-5-1)7-8-3-4-9-7/h1-5H.